The monoisotopic (exact) mass is 462 g/mol. The van der Waals surface area contributed by atoms with Gasteiger partial charge in [0, 0.05) is 17.9 Å². The van der Waals surface area contributed by atoms with Crippen LogP contribution in [0.15, 0.2) is 58.5 Å². The topological polar surface area (TPSA) is 85.7 Å². The van der Waals surface area contributed by atoms with Gasteiger partial charge in [-0.05, 0) is 48.5 Å². The molecule has 0 aliphatic carbocycles. The van der Waals surface area contributed by atoms with Crippen molar-refractivity contribution in [3.63, 3.8) is 0 Å². The van der Waals surface area contributed by atoms with E-state index in [0.717, 1.165) is 12.2 Å². The summed E-state index contributed by atoms with van der Waals surface area (Å²) in [6, 6.07) is 13.9. The molecule has 2 N–H and O–H groups in total. The molecule has 0 saturated carbocycles. The van der Waals surface area contributed by atoms with Crippen LogP contribution in [0.5, 0.6) is 11.5 Å². The Hall–Kier alpha value is -3.20. The number of hydrazine groups is 1. The number of benzene rings is 2. The molecule has 2 atom stereocenters. The van der Waals surface area contributed by atoms with E-state index in [9.17, 15) is 4.39 Å². The molecule has 0 bridgehead atoms. The van der Waals surface area contributed by atoms with Gasteiger partial charge in [0.15, 0.2) is 0 Å². The zero-order valence-electron chi connectivity index (χ0n) is 17.3. The zero-order valence-corrected chi connectivity index (χ0v) is 18.1. The number of hydrogen-bond donors (Lipinski definition) is 2. The van der Waals surface area contributed by atoms with E-state index in [0.29, 0.717) is 55.7 Å². The maximum Gasteiger partial charge on any atom is 0.304 e. The Kier molecular flexibility index (Phi) is 7.50. The smallest absolute Gasteiger partial charge is 0.304 e. The first-order valence-corrected chi connectivity index (χ1v) is 10.7. The first-order chi connectivity index (χ1) is 15.6. The summed E-state index contributed by atoms with van der Waals surface area (Å²) in [6.45, 7) is 1.91. The SMILES string of the molecule is Fc1ccc(OCCC2COC(NNC3=N[C@@H](CCOc4ccc(Cl)cc4)CO3)=N2)cc1. The number of ether oxygens (including phenoxy) is 4. The van der Waals surface area contributed by atoms with Crippen molar-refractivity contribution >= 4 is 23.6 Å². The van der Waals surface area contributed by atoms with Crippen LogP contribution < -0.4 is 20.3 Å². The number of amidine groups is 2. The van der Waals surface area contributed by atoms with Gasteiger partial charge >= 0.3 is 12.0 Å². The molecule has 2 aliphatic heterocycles. The number of aliphatic imine (C=N–C) groups is 2. The Bertz CT molecular complexity index is 862. The number of nitrogens with zero attached hydrogens (tertiary/aromatic N) is 2. The first-order valence-electron chi connectivity index (χ1n) is 10.3. The second-order valence-electron chi connectivity index (χ2n) is 7.23. The molecular weight excluding hydrogens is 439 g/mol. The van der Waals surface area contributed by atoms with E-state index >= 15 is 0 Å². The molecule has 8 nitrogen and oxygen atoms in total. The normalized spacial score (nSPS) is 19.4. The van der Waals surface area contributed by atoms with Gasteiger partial charge in [0.1, 0.15) is 30.5 Å². The van der Waals surface area contributed by atoms with Gasteiger partial charge in [-0.25, -0.2) is 25.2 Å². The molecule has 0 saturated heterocycles. The van der Waals surface area contributed by atoms with Gasteiger partial charge in [0.05, 0.1) is 25.3 Å². The largest absolute Gasteiger partial charge is 0.494 e. The molecule has 0 fully saturated rings. The summed E-state index contributed by atoms with van der Waals surface area (Å²) in [5.41, 5.74) is 5.75. The third kappa shape index (κ3) is 6.65. The van der Waals surface area contributed by atoms with Gasteiger partial charge in [0.2, 0.25) is 0 Å². The Morgan fingerprint density at radius 3 is 1.78 bits per heavy atom. The Morgan fingerprint density at radius 1 is 0.812 bits per heavy atom. The summed E-state index contributed by atoms with van der Waals surface area (Å²) in [4.78, 5) is 8.91. The van der Waals surface area contributed by atoms with Crippen LogP contribution in [0.2, 0.25) is 5.02 Å². The second-order valence-corrected chi connectivity index (χ2v) is 7.67. The van der Waals surface area contributed by atoms with Gasteiger partial charge in [-0.1, -0.05) is 11.6 Å². The van der Waals surface area contributed by atoms with Crippen molar-refractivity contribution in [1.82, 2.24) is 10.9 Å². The average Bonchev–Trinajstić information content (AvgIpc) is 3.44. The summed E-state index contributed by atoms with van der Waals surface area (Å²) in [5.74, 6) is 1.10. The fraction of sp³-hybridized carbons (Fsp3) is 0.364. The summed E-state index contributed by atoms with van der Waals surface area (Å²) >= 11 is 5.86. The molecule has 170 valence electrons. The fourth-order valence-corrected chi connectivity index (χ4v) is 3.18. The molecular formula is C22H24ClFN4O4. The van der Waals surface area contributed by atoms with Crippen LogP contribution in [0.25, 0.3) is 0 Å². The van der Waals surface area contributed by atoms with Crippen LogP contribution in [-0.2, 0) is 9.47 Å². The van der Waals surface area contributed by atoms with Crippen LogP contribution in [0.3, 0.4) is 0 Å². The highest BCUT2D eigenvalue weighted by Crippen LogP contribution is 2.17. The minimum Gasteiger partial charge on any atom is -0.494 e. The van der Waals surface area contributed by atoms with Crippen molar-refractivity contribution in [2.45, 2.75) is 24.9 Å². The van der Waals surface area contributed by atoms with Gasteiger partial charge in [-0.3, -0.25) is 0 Å². The van der Waals surface area contributed by atoms with Crippen LogP contribution in [0.1, 0.15) is 12.8 Å². The highest BCUT2D eigenvalue weighted by molar-refractivity contribution is 6.30. The quantitative estimate of drug-likeness (QED) is 0.585. The predicted octanol–water partition coefficient (Wildman–Crippen LogP) is 3.32. The molecule has 2 aliphatic rings. The zero-order chi connectivity index (χ0) is 22.2. The Labute approximate surface area is 190 Å². The second kappa shape index (κ2) is 10.9. The maximum absolute atomic E-state index is 12.9. The Balaban J connectivity index is 1.12. The molecule has 2 aromatic carbocycles. The predicted molar refractivity (Wildman–Crippen MR) is 119 cm³/mol. The average molecular weight is 463 g/mol. The number of rotatable bonds is 8. The van der Waals surface area contributed by atoms with Gasteiger partial charge in [-0.15, -0.1) is 0 Å². The minimum atomic E-state index is -0.289. The van der Waals surface area contributed by atoms with E-state index in [2.05, 4.69) is 20.8 Å². The van der Waals surface area contributed by atoms with Crippen LogP contribution >= 0.6 is 11.6 Å². The molecule has 4 rings (SSSR count). The number of hydrogen-bond acceptors (Lipinski definition) is 8. The first kappa shape index (κ1) is 22.0. The molecule has 2 heterocycles. The minimum absolute atomic E-state index is 0.00870. The standard InChI is InChI=1S/C22H24ClFN4O4/c23-15-1-5-19(6-2-15)29-11-9-17-13-31-21(25-17)27-28-22-26-18(14-32-22)10-12-30-20-7-3-16(24)4-8-20/h1-8,17-18H,9-14H2,(H,25,27)(H,26,28)/t17-,18?/m0/s1. The third-order valence-electron chi connectivity index (χ3n) is 4.77. The lowest BCUT2D eigenvalue weighted by Gasteiger charge is -2.07. The maximum atomic E-state index is 12.9. The molecule has 32 heavy (non-hydrogen) atoms. The molecule has 2 aromatic rings. The lowest BCUT2D eigenvalue weighted by molar-refractivity contribution is 0.254. The summed E-state index contributed by atoms with van der Waals surface area (Å²) in [7, 11) is 0. The van der Waals surface area contributed by atoms with E-state index < -0.39 is 0 Å². The molecule has 0 radical (unpaired) electrons. The van der Waals surface area contributed by atoms with E-state index in [1.165, 1.54) is 12.1 Å². The van der Waals surface area contributed by atoms with E-state index in [1.54, 1.807) is 24.3 Å². The summed E-state index contributed by atoms with van der Waals surface area (Å²) in [5, 5.41) is 0.676. The molecule has 0 aromatic heterocycles. The van der Waals surface area contributed by atoms with Crippen LogP contribution in [-0.4, -0.2) is 50.6 Å². The van der Waals surface area contributed by atoms with E-state index in [-0.39, 0.29) is 17.9 Å². The van der Waals surface area contributed by atoms with E-state index in [4.69, 9.17) is 30.5 Å². The summed E-state index contributed by atoms with van der Waals surface area (Å²) < 4.78 is 35.3. The highest BCUT2D eigenvalue weighted by Gasteiger charge is 2.22. The van der Waals surface area contributed by atoms with Crippen molar-refractivity contribution in [2.75, 3.05) is 26.4 Å². The van der Waals surface area contributed by atoms with Crippen molar-refractivity contribution < 1.29 is 23.3 Å². The van der Waals surface area contributed by atoms with Gasteiger partial charge in [-0.2, -0.15) is 0 Å². The van der Waals surface area contributed by atoms with Crippen molar-refractivity contribution in [3.05, 3.63) is 59.4 Å². The van der Waals surface area contributed by atoms with Crippen molar-refractivity contribution in [2.24, 2.45) is 9.98 Å². The molecule has 10 heteroatoms. The van der Waals surface area contributed by atoms with Gasteiger partial charge < -0.3 is 18.9 Å². The van der Waals surface area contributed by atoms with Crippen molar-refractivity contribution in [1.29, 1.82) is 0 Å². The molecule has 0 amide bonds. The molecule has 1 unspecified atom stereocenters. The summed E-state index contributed by atoms with van der Waals surface area (Å²) in [6.07, 6.45) is 1.40. The highest BCUT2D eigenvalue weighted by atomic mass is 35.5. The number of nitrogens with one attached hydrogen (secondary N) is 2. The van der Waals surface area contributed by atoms with Crippen molar-refractivity contribution in [3.8, 4) is 11.5 Å². The van der Waals surface area contributed by atoms with E-state index in [1.807, 2.05) is 12.1 Å². The molecule has 0 spiro atoms. The van der Waals surface area contributed by atoms with Crippen LogP contribution in [0.4, 0.5) is 4.39 Å². The number of halogens is 2. The van der Waals surface area contributed by atoms with Gasteiger partial charge in [0.25, 0.3) is 0 Å². The van der Waals surface area contributed by atoms with Crippen LogP contribution in [0, 0.1) is 5.82 Å². The lowest BCUT2D eigenvalue weighted by atomic mass is 10.2. The Morgan fingerprint density at radius 2 is 1.28 bits per heavy atom. The fourth-order valence-electron chi connectivity index (χ4n) is 3.06. The lowest BCUT2D eigenvalue weighted by Crippen LogP contribution is -2.41. The third-order valence-corrected chi connectivity index (χ3v) is 5.02.